The zero-order valence-corrected chi connectivity index (χ0v) is 3.12. The molecule has 0 aliphatic rings. The normalized spacial score (nSPS) is 9.40. The summed E-state index contributed by atoms with van der Waals surface area (Å²) in [5.74, 6) is -0.148. The third-order valence-corrected chi connectivity index (χ3v) is 0.249. The zero-order valence-electron chi connectivity index (χ0n) is 4.12. The summed E-state index contributed by atoms with van der Waals surface area (Å²) in [6.07, 6.45) is 0. The lowest BCUT2D eigenvalue weighted by Crippen LogP contribution is -2.11. The van der Waals surface area contributed by atoms with Crippen LogP contribution in [0, 0.1) is 0 Å². The minimum absolute atomic E-state index is 0.0185. The first kappa shape index (κ1) is 2.69. The van der Waals surface area contributed by atoms with Gasteiger partial charge < -0.3 is 5.32 Å². The zero-order chi connectivity index (χ0) is 4.99. The topological polar surface area (TPSA) is 29.1 Å². The average Bonchev–Trinajstić information content (AvgIpc) is 1.35. The Kier molecular flexibility index (Phi) is 0.947. The first-order valence-electron chi connectivity index (χ1n) is 2.01. The maximum Gasteiger partial charge on any atom is 0.216 e. The van der Waals surface area contributed by atoms with Crippen molar-refractivity contribution in [1.29, 1.82) is 0 Å². The molecule has 2 heteroatoms. The van der Waals surface area contributed by atoms with Gasteiger partial charge in [-0.05, 0) is 0 Å². The van der Waals surface area contributed by atoms with Gasteiger partial charge in [-0.25, -0.2) is 0 Å². The summed E-state index contributed by atoms with van der Waals surface area (Å²) < 4.78 is 6.40. The van der Waals surface area contributed by atoms with Gasteiger partial charge in [0, 0.05) is 15.3 Å². The Morgan fingerprint density at radius 1 is 2.20 bits per heavy atom. The van der Waals surface area contributed by atoms with Gasteiger partial charge in [0.25, 0.3) is 0 Å². The second-order valence-corrected chi connectivity index (χ2v) is 0.733. The van der Waals surface area contributed by atoms with Crippen molar-refractivity contribution in [3.05, 3.63) is 0 Å². The van der Waals surface area contributed by atoms with Crippen LogP contribution in [0.15, 0.2) is 0 Å². The molecule has 0 aromatic heterocycles. The minimum Gasteiger partial charge on any atom is -0.359 e. The molecule has 0 saturated heterocycles. The van der Waals surface area contributed by atoms with E-state index in [0.717, 1.165) is 0 Å². The van der Waals surface area contributed by atoms with E-state index in [2.05, 4.69) is 5.32 Å². The highest BCUT2D eigenvalue weighted by Crippen LogP contribution is 1.45. The van der Waals surface area contributed by atoms with E-state index in [-0.39, 0.29) is 12.9 Å². The summed E-state index contributed by atoms with van der Waals surface area (Å²) in [6, 6.07) is 0. The summed E-state index contributed by atoms with van der Waals surface area (Å²) in [7, 11) is -0.0185. The molecular weight excluding hydrogens is 66.0 g/mol. The summed E-state index contributed by atoms with van der Waals surface area (Å²) in [5.41, 5.74) is 0. The lowest BCUT2D eigenvalue weighted by molar-refractivity contribution is -0.118. The molecule has 0 unspecified atom stereocenters. The number of amides is 1. The Labute approximate surface area is 32.6 Å². The monoisotopic (exact) mass is 74.1 g/mol. The molecule has 30 valence electrons. The third kappa shape index (κ3) is 3.47. The second-order valence-electron chi connectivity index (χ2n) is 0.733. The molecule has 2 nitrogen and oxygen atoms in total. The molecule has 0 atom stereocenters. The van der Waals surface area contributed by atoms with E-state index in [0.29, 0.717) is 0 Å². The highest BCUT2D eigenvalue weighted by molar-refractivity contribution is 5.72. The van der Waals surface area contributed by atoms with Crippen molar-refractivity contribution in [2.75, 3.05) is 7.02 Å². The fourth-order valence-corrected chi connectivity index (χ4v) is 0. The number of hydrogen-bond donors (Lipinski definition) is 1. The van der Waals surface area contributed by atoms with Gasteiger partial charge in [-0.1, -0.05) is 0 Å². The van der Waals surface area contributed by atoms with Gasteiger partial charge in [0.05, 0.1) is 0 Å². The van der Waals surface area contributed by atoms with E-state index in [1.807, 2.05) is 0 Å². The quantitative estimate of drug-likeness (QED) is 0.422. The van der Waals surface area contributed by atoms with E-state index in [1.54, 1.807) is 0 Å². The average molecular weight is 74.1 g/mol. The second kappa shape index (κ2) is 1.76. The van der Waals surface area contributed by atoms with E-state index in [4.69, 9.17) is 1.37 Å². The molecule has 0 radical (unpaired) electrons. The van der Waals surface area contributed by atoms with Crippen LogP contribution in [0.4, 0.5) is 0 Å². The molecule has 0 aliphatic heterocycles. The molecule has 0 spiro atoms. The maximum absolute atomic E-state index is 9.81. The van der Waals surface area contributed by atoms with E-state index < -0.39 is 0 Å². The SMILES string of the molecule is [2H]CNC(C)=O. The standard InChI is InChI=1S/C3H7NO/c1-3(5)4-2/h1-2H3,(H,4,5)/i2D. The van der Waals surface area contributed by atoms with Crippen molar-refractivity contribution in [3.8, 4) is 0 Å². The highest BCUT2D eigenvalue weighted by atomic mass is 16.1. The summed E-state index contributed by atoms with van der Waals surface area (Å²) in [4.78, 5) is 9.81. The first-order chi connectivity index (χ1) is 2.77. The molecule has 0 rings (SSSR count). The van der Waals surface area contributed by atoms with Crippen molar-refractivity contribution < 1.29 is 6.17 Å². The molecule has 0 fully saturated rings. The minimum atomic E-state index is -0.148. The first-order valence-corrected chi connectivity index (χ1v) is 1.31. The Bertz CT molecular complexity index is 54.8. The van der Waals surface area contributed by atoms with Crippen molar-refractivity contribution in [3.63, 3.8) is 0 Å². The molecule has 0 heterocycles. The third-order valence-electron chi connectivity index (χ3n) is 0.249. The number of nitrogens with one attached hydrogen (secondary N) is 1. The van der Waals surface area contributed by atoms with Crippen LogP contribution in [0.3, 0.4) is 0 Å². The fraction of sp³-hybridized carbons (Fsp3) is 0.667. The van der Waals surface area contributed by atoms with Gasteiger partial charge in [-0.2, -0.15) is 0 Å². The summed E-state index contributed by atoms with van der Waals surface area (Å²) in [5, 5.41) is 2.24. The predicted octanol–water partition coefficient (Wildman–Crippen LogP) is -0.248. The van der Waals surface area contributed by atoms with Crippen LogP contribution in [-0.4, -0.2) is 12.9 Å². The van der Waals surface area contributed by atoms with Crippen molar-refractivity contribution >= 4 is 5.91 Å². The molecule has 5 heavy (non-hydrogen) atoms. The van der Waals surface area contributed by atoms with Crippen LogP contribution >= 0.6 is 0 Å². The van der Waals surface area contributed by atoms with Crippen LogP contribution in [0.25, 0.3) is 0 Å². The van der Waals surface area contributed by atoms with Crippen LogP contribution in [0.1, 0.15) is 8.29 Å². The van der Waals surface area contributed by atoms with Gasteiger partial charge in [0.2, 0.25) is 5.91 Å². The number of carbonyl (C=O) groups excluding carboxylic acids is 1. The molecule has 0 aliphatic carbocycles. The summed E-state index contributed by atoms with van der Waals surface area (Å²) >= 11 is 0. The van der Waals surface area contributed by atoms with Crippen molar-refractivity contribution in [2.45, 2.75) is 6.92 Å². The lowest BCUT2D eigenvalue weighted by Gasteiger charge is -1.80. The van der Waals surface area contributed by atoms with Crippen LogP contribution < -0.4 is 5.32 Å². The Balaban J connectivity index is 2.83. The van der Waals surface area contributed by atoms with Crippen molar-refractivity contribution in [1.82, 2.24) is 5.32 Å². The van der Waals surface area contributed by atoms with Gasteiger partial charge in [-0.15, -0.1) is 0 Å². The van der Waals surface area contributed by atoms with Gasteiger partial charge >= 0.3 is 0 Å². The van der Waals surface area contributed by atoms with Crippen LogP contribution in [0.2, 0.25) is 0 Å². The molecular formula is C3H7NO. The molecule has 1 N–H and O–H groups in total. The van der Waals surface area contributed by atoms with E-state index >= 15 is 0 Å². The number of hydrogen-bond acceptors (Lipinski definition) is 1. The van der Waals surface area contributed by atoms with Gasteiger partial charge in [0.1, 0.15) is 0 Å². The Morgan fingerprint density at radius 3 is 2.80 bits per heavy atom. The number of rotatable bonds is 0. The predicted molar refractivity (Wildman–Crippen MR) is 19.7 cm³/mol. The molecule has 0 saturated carbocycles. The smallest absolute Gasteiger partial charge is 0.216 e. The van der Waals surface area contributed by atoms with E-state index in [9.17, 15) is 4.79 Å². The van der Waals surface area contributed by atoms with Crippen LogP contribution in [0.5, 0.6) is 0 Å². The summed E-state index contributed by atoms with van der Waals surface area (Å²) in [6.45, 7) is 1.38. The molecule has 1 amide bonds. The van der Waals surface area contributed by atoms with E-state index in [1.165, 1.54) is 6.92 Å². The Morgan fingerprint density at radius 2 is 2.80 bits per heavy atom. The molecule has 0 aromatic rings. The highest BCUT2D eigenvalue weighted by Gasteiger charge is 1.72. The lowest BCUT2D eigenvalue weighted by atomic mass is 10.7. The van der Waals surface area contributed by atoms with Crippen molar-refractivity contribution in [2.24, 2.45) is 0 Å². The largest absolute Gasteiger partial charge is 0.359 e. The van der Waals surface area contributed by atoms with Crippen LogP contribution in [-0.2, 0) is 4.79 Å². The number of carbonyl (C=O) groups is 1. The maximum atomic E-state index is 9.81. The fourth-order valence-electron chi connectivity index (χ4n) is 0. The van der Waals surface area contributed by atoms with Gasteiger partial charge in [-0.3, -0.25) is 4.79 Å². The molecule has 0 aromatic carbocycles. The Hall–Kier alpha value is -0.530. The van der Waals surface area contributed by atoms with Gasteiger partial charge in [0.15, 0.2) is 0 Å². The molecule has 0 bridgehead atoms.